The zero-order valence-corrected chi connectivity index (χ0v) is 78.6. The van der Waals surface area contributed by atoms with Crippen LogP contribution in [0, 0.1) is 55.4 Å². The van der Waals surface area contributed by atoms with Crippen molar-refractivity contribution < 1.29 is 0 Å². The normalized spacial score (nSPS) is 12.0. The van der Waals surface area contributed by atoms with Gasteiger partial charge in [0, 0.05) is 86.1 Å². The molecule has 4 aromatic heterocycles. The summed E-state index contributed by atoms with van der Waals surface area (Å²) in [6, 6.07) is 161. The largest absolute Gasteiger partial charge is 0.135 e. The zero-order chi connectivity index (χ0) is 89.2. The van der Waals surface area contributed by atoms with E-state index < -0.39 is 0 Å². The molecule has 0 bridgehead atoms. The first-order valence-electron chi connectivity index (χ1n) is 44.9. The van der Waals surface area contributed by atoms with Gasteiger partial charge >= 0.3 is 0 Å². The van der Waals surface area contributed by atoms with E-state index in [0.717, 1.165) is 0 Å². The second-order valence-electron chi connectivity index (χ2n) is 34.6. The number of benzene rings is 19. The third kappa shape index (κ3) is 18.2. The summed E-state index contributed by atoms with van der Waals surface area (Å²) in [6.07, 6.45) is 0. The van der Waals surface area contributed by atoms with Crippen LogP contribution in [0.2, 0.25) is 0 Å². The minimum atomic E-state index is -0.263. The molecular formula is C126H104S4. The van der Waals surface area contributed by atoms with E-state index >= 15 is 0 Å². The Hall–Kier alpha value is -13.9. The Labute approximate surface area is 782 Å². The Morgan fingerprint density at radius 1 is 0.169 bits per heavy atom. The van der Waals surface area contributed by atoms with Gasteiger partial charge in [0.25, 0.3) is 0 Å². The number of rotatable bonds is 5. The monoisotopic (exact) mass is 1740 g/mol. The number of fused-ring (bicyclic) bond motifs is 18. The van der Waals surface area contributed by atoms with Crippen LogP contribution in [0.5, 0.6) is 0 Å². The molecule has 0 saturated heterocycles. The molecule has 4 heterocycles. The van der Waals surface area contributed by atoms with Crippen molar-refractivity contribution in [1.82, 2.24) is 0 Å². The van der Waals surface area contributed by atoms with Gasteiger partial charge in [-0.1, -0.05) is 465 Å². The highest BCUT2D eigenvalue weighted by atomic mass is 32.1. The standard InChI is InChI=1S/C26H20.2C19H14S.C16H16.2C13H10S.C13H12.C7H8/c1-19-16-17-23-22-14-8-9-15-24(22)26(25(23)18-19,20-10-4-2-5-11-20)21-12-6-3-7-13-21;1-13-6-4-7-14(12-13)15-9-5-10-17-16-8-2-3-11-18(16)20-19(15)17;1-13-9-11-14(12-10-13)15-6-4-7-17-16-5-2-3-8-18(16)20-19(15)17;1-11-8-9-13-12-6-4-5-7-14(12)16(2,3)15(13)10-11;1-9-5-4-7-11-10-6-2-3-8-12(10)14-13(9)11;1-9-6-7-13-11(8-9)10-4-2-3-5-12(10)14-13;1-11-7-9-13(10-8-11)12-5-3-2-4-6-12;1-7-5-3-2-4-6-7/h2-18H,1H3;2*2-12H,1H3;4-10H,1-3H3;2*2-8H,1H3;2-10H,1H3;2-6H,1H3. The number of thiophene rings is 4. The van der Waals surface area contributed by atoms with Crippen LogP contribution < -0.4 is 0 Å². The second kappa shape index (κ2) is 38.9. The van der Waals surface area contributed by atoms with Gasteiger partial charge in [-0.15, -0.1) is 45.3 Å². The number of hydrogen-bond acceptors (Lipinski definition) is 4. The van der Waals surface area contributed by atoms with Crippen LogP contribution in [0.25, 0.3) is 136 Å². The minimum Gasteiger partial charge on any atom is -0.135 e. The first-order valence-corrected chi connectivity index (χ1v) is 48.2. The zero-order valence-electron chi connectivity index (χ0n) is 75.4. The van der Waals surface area contributed by atoms with Crippen LogP contribution in [0.3, 0.4) is 0 Å². The highest BCUT2D eigenvalue weighted by Crippen LogP contribution is 2.57. The molecule has 19 aromatic carbocycles. The van der Waals surface area contributed by atoms with Gasteiger partial charge in [-0.3, -0.25) is 0 Å². The number of hydrogen-bond donors (Lipinski definition) is 0. The van der Waals surface area contributed by atoms with Crippen molar-refractivity contribution in [3.05, 3.63) is 527 Å². The Balaban J connectivity index is 0.000000102. The molecule has 0 unspecified atom stereocenters. The van der Waals surface area contributed by atoms with E-state index in [1.807, 2.05) is 69.6 Å². The van der Waals surface area contributed by atoms with Gasteiger partial charge in [-0.2, -0.15) is 0 Å². The fraction of sp³-hybridized carbons (Fsp3) is 0.0952. The molecule has 632 valence electrons. The van der Waals surface area contributed by atoms with E-state index in [4.69, 9.17) is 0 Å². The quantitative estimate of drug-likeness (QED) is 0.161. The fourth-order valence-electron chi connectivity index (χ4n) is 18.5. The first kappa shape index (κ1) is 86.8. The molecule has 0 saturated carbocycles. The highest BCUT2D eigenvalue weighted by Gasteiger charge is 2.46. The third-order valence-electron chi connectivity index (χ3n) is 25.1. The molecule has 4 heteroatoms. The van der Waals surface area contributed by atoms with Crippen molar-refractivity contribution in [3.63, 3.8) is 0 Å². The van der Waals surface area contributed by atoms with E-state index in [0.29, 0.717) is 0 Å². The van der Waals surface area contributed by atoms with Gasteiger partial charge in [0.05, 0.1) is 5.41 Å². The molecule has 0 spiro atoms. The average molecular weight is 1750 g/mol. The summed E-state index contributed by atoms with van der Waals surface area (Å²) in [5.41, 5.74) is 32.2. The van der Waals surface area contributed by atoms with Gasteiger partial charge in [-0.05, 0) is 186 Å². The second-order valence-corrected chi connectivity index (χ2v) is 38.9. The van der Waals surface area contributed by atoms with Crippen molar-refractivity contribution in [3.8, 4) is 55.6 Å². The molecule has 0 N–H and O–H groups in total. The molecule has 23 aromatic rings. The van der Waals surface area contributed by atoms with Crippen LogP contribution in [0.1, 0.15) is 91.7 Å². The van der Waals surface area contributed by atoms with E-state index in [1.54, 1.807) is 0 Å². The van der Waals surface area contributed by atoms with Gasteiger partial charge in [0.15, 0.2) is 0 Å². The van der Waals surface area contributed by atoms with Gasteiger partial charge in [0.2, 0.25) is 0 Å². The summed E-state index contributed by atoms with van der Waals surface area (Å²) in [6.45, 7) is 21.8. The lowest BCUT2D eigenvalue weighted by Crippen LogP contribution is -2.28. The molecule has 2 aliphatic carbocycles. The van der Waals surface area contributed by atoms with Gasteiger partial charge in [-0.25, -0.2) is 0 Å². The van der Waals surface area contributed by atoms with Gasteiger partial charge in [0.1, 0.15) is 0 Å². The fourth-order valence-corrected chi connectivity index (χ4v) is 23.2. The maximum absolute atomic E-state index is 2.37. The van der Waals surface area contributed by atoms with Crippen molar-refractivity contribution in [2.75, 3.05) is 0 Å². The average Bonchev–Trinajstić information content (AvgIpc) is 1.53. The summed E-state index contributed by atoms with van der Waals surface area (Å²) >= 11 is 7.53. The van der Waals surface area contributed by atoms with Crippen LogP contribution in [0.4, 0.5) is 0 Å². The third-order valence-corrected chi connectivity index (χ3v) is 30.0. The van der Waals surface area contributed by atoms with Crippen molar-refractivity contribution in [2.45, 2.75) is 80.1 Å². The topological polar surface area (TPSA) is 0 Å². The summed E-state index contributed by atoms with van der Waals surface area (Å²) in [4.78, 5) is 0. The summed E-state index contributed by atoms with van der Waals surface area (Å²) < 4.78 is 11.1. The molecule has 0 nitrogen and oxygen atoms in total. The Morgan fingerprint density at radius 2 is 0.485 bits per heavy atom. The predicted molar refractivity (Wildman–Crippen MR) is 572 cm³/mol. The molecule has 0 atom stereocenters. The van der Waals surface area contributed by atoms with E-state index in [-0.39, 0.29) is 10.8 Å². The molecule has 25 rings (SSSR count). The maximum atomic E-state index is 2.37. The van der Waals surface area contributed by atoms with Crippen molar-refractivity contribution in [2.24, 2.45) is 0 Å². The Bertz CT molecular complexity index is 7830. The van der Waals surface area contributed by atoms with Gasteiger partial charge < -0.3 is 0 Å². The van der Waals surface area contributed by atoms with Crippen molar-refractivity contribution in [1.29, 1.82) is 0 Å². The molecule has 0 amide bonds. The van der Waals surface area contributed by atoms with E-state index in [9.17, 15) is 0 Å². The SMILES string of the molecule is Cc1ccc(-c2cccc3c2sc2ccccc23)cc1.Cc1ccc(-c2ccccc2)cc1.Cc1ccc2c(c1)C(C)(C)c1ccccc1-2.Cc1ccc2c(c1)C(c1ccccc1)(c1ccccc1)c1ccccc1-2.Cc1ccc2sc3ccccc3c2c1.Cc1cccc(-c2cccc3c2sc2ccccc23)c1.Cc1cccc2c1sc1ccccc12.Cc1ccccc1. The Morgan fingerprint density at radius 3 is 1.01 bits per heavy atom. The lowest BCUT2D eigenvalue weighted by Gasteiger charge is -2.34. The van der Waals surface area contributed by atoms with Crippen LogP contribution in [0.15, 0.2) is 449 Å². The molecule has 0 radical (unpaired) electrons. The maximum Gasteiger partial charge on any atom is 0.0713 e. The molecule has 0 fully saturated rings. The predicted octanol–water partition coefficient (Wildman–Crippen LogP) is 37.1. The van der Waals surface area contributed by atoms with E-state index in [1.165, 1.54) is 214 Å². The summed E-state index contributed by atoms with van der Waals surface area (Å²) in [7, 11) is 0. The lowest BCUT2D eigenvalue weighted by atomic mass is 9.67. The van der Waals surface area contributed by atoms with Crippen LogP contribution >= 0.6 is 45.3 Å². The van der Waals surface area contributed by atoms with Crippen LogP contribution in [-0.2, 0) is 10.8 Å². The highest BCUT2D eigenvalue weighted by molar-refractivity contribution is 7.27. The lowest BCUT2D eigenvalue weighted by molar-refractivity contribution is 0.660. The summed E-state index contributed by atoms with van der Waals surface area (Å²) in [5.74, 6) is 0. The molecule has 130 heavy (non-hydrogen) atoms. The minimum absolute atomic E-state index is 0.151. The molecule has 2 aliphatic rings. The summed E-state index contributed by atoms with van der Waals surface area (Å²) in [5, 5.41) is 11.0. The Kier molecular flexibility index (Phi) is 26.0. The molecule has 0 aliphatic heterocycles. The van der Waals surface area contributed by atoms with Crippen molar-refractivity contribution >= 4 is 126 Å². The van der Waals surface area contributed by atoms with Crippen LogP contribution in [-0.4, -0.2) is 0 Å². The first-order chi connectivity index (χ1) is 63.5. The van der Waals surface area contributed by atoms with E-state index in [2.05, 4.69) is 494 Å². The number of aryl methyl sites for hydroxylation is 8. The molecular weight excluding hydrogens is 1640 g/mol. The smallest absolute Gasteiger partial charge is 0.0713 e.